The fourth-order valence-electron chi connectivity index (χ4n) is 2.94. The number of hydrogen-bond acceptors (Lipinski definition) is 2. The predicted molar refractivity (Wildman–Crippen MR) is 76.0 cm³/mol. The van der Waals surface area contributed by atoms with Crippen LogP contribution in [0.2, 0.25) is 0 Å². The maximum Gasteiger partial charge on any atom is 0.254 e. The minimum Gasteiger partial charge on any atom is -0.361 e. The summed E-state index contributed by atoms with van der Waals surface area (Å²) in [6, 6.07) is 8.21. The number of aromatic nitrogens is 1. The first kappa shape index (κ1) is 12.2. The number of nitrogens with one attached hydrogen (secondary N) is 1. The van der Waals surface area contributed by atoms with E-state index < -0.39 is 0 Å². The highest BCUT2D eigenvalue weighted by Gasteiger charge is 2.28. The van der Waals surface area contributed by atoms with Crippen LogP contribution in [0.4, 0.5) is 0 Å². The third kappa shape index (κ3) is 2.12. The first-order chi connectivity index (χ1) is 9.16. The van der Waals surface area contributed by atoms with Crippen molar-refractivity contribution >= 4 is 16.8 Å². The number of amides is 1. The molecule has 1 aliphatic heterocycles. The lowest BCUT2D eigenvalue weighted by Gasteiger charge is -2.36. The standard InChI is InChI=1S/C15H19N3O/c1-10-9-11(16)6-8-18(10)15(19)13-3-2-4-14-12(13)5-7-17-14/h2-5,7,10-11,17H,6,8-9,16H2,1H3. The van der Waals surface area contributed by atoms with Crippen molar-refractivity contribution in [3.8, 4) is 0 Å². The van der Waals surface area contributed by atoms with Crippen molar-refractivity contribution in [2.45, 2.75) is 31.8 Å². The molecule has 3 N–H and O–H groups in total. The number of nitrogens with zero attached hydrogens (tertiary/aromatic N) is 1. The van der Waals surface area contributed by atoms with Gasteiger partial charge < -0.3 is 15.6 Å². The number of rotatable bonds is 1. The van der Waals surface area contributed by atoms with Gasteiger partial charge in [0.15, 0.2) is 0 Å². The molecule has 1 amide bonds. The number of carbonyl (C=O) groups excluding carboxylic acids is 1. The zero-order valence-electron chi connectivity index (χ0n) is 11.1. The molecule has 100 valence electrons. The molecule has 0 aliphatic carbocycles. The van der Waals surface area contributed by atoms with E-state index in [-0.39, 0.29) is 18.0 Å². The third-order valence-electron chi connectivity index (χ3n) is 4.00. The predicted octanol–water partition coefficient (Wildman–Crippen LogP) is 2.12. The summed E-state index contributed by atoms with van der Waals surface area (Å²) in [5.74, 6) is 0.115. The van der Waals surface area contributed by atoms with Crippen LogP contribution in [0.5, 0.6) is 0 Å². The molecular formula is C15H19N3O. The molecule has 1 aromatic heterocycles. The summed E-state index contributed by atoms with van der Waals surface area (Å²) in [6.45, 7) is 2.83. The van der Waals surface area contributed by atoms with Crippen LogP contribution in [0.1, 0.15) is 30.1 Å². The molecule has 3 rings (SSSR count). The Balaban J connectivity index is 1.93. The number of aromatic amines is 1. The van der Waals surface area contributed by atoms with E-state index in [0.29, 0.717) is 0 Å². The number of H-pyrrole nitrogens is 1. The lowest BCUT2D eigenvalue weighted by atomic mass is 9.97. The third-order valence-corrected chi connectivity index (χ3v) is 4.00. The SMILES string of the molecule is CC1CC(N)CCN1C(=O)c1cccc2[nH]ccc12. The Bertz CT molecular complexity index is 604. The van der Waals surface area contributed by atoms with Gasteiger partial charge in [-0.25, -0.2) is 0 Å². The van der Waals surface area contributed by atoms with E-state index in [0.717, 1.165) is 35.9 Å². The Morgan fingerprint density at radius 2 is 2.26 bits per heavy atom. The smallest absolute Gasteiger partial charge is 0.254 e. The Morgan fingerprint density at radius 3 is 3.05 bits per heavy atom. The fraction of sp³-hybridized carbons (Fsp3) is 0.400. The quantitative estimate of drug-likeness (QED) is 0.822. The van der Waals surface area contributed by atoms with Gasteiger partial charge in [0.1, 0.15) is 0 Å². The van der Waals surface area contributed by atoms with Crippen LogP contribution in [0.3, 0.4) is 0 Å². The topological polar surface area (TPSA) is 62.1 Å². The number of fused-ring (bicyclic) bond motifs is 1. The summed E-state index contributed by atoms with van der Waals surface area (Å²) in [5.41, 5.74) is 7.74. The minimum absolute atomic E-state index is 0.115. The Kier molecular flexibility index (Phi) is 3.03. The molecule has 1 saturated heterocycles. The zero-order valence-corrected chi connectivity index (χ0v) is 11.1. The fourth-order valence-corrected chi connectivity index (χ4v) is 2.94. The molecule has 4 heteroatoms. The number of piperidine rings is 1. The van der Waals surface area contributed by atoms with Crippen molar-refractivity contribution in [1.29, 1.82) is 0 Å². The van der Waals surface area contributed by atoms with Gasteiger partial charge in [0.25, 0.3) is 5.91 Å². The second-order valence-corrected chi connectivity index (χ2v) is 5.38. The van der Waals surface area contributed by atoms with Crippen LogP contribution < -0.4 is 5.73 Å². The Labute approximate surface area is 112 Å². The Hall–Kier alpha value is -1.81. The number of nitrogens with two attached hydrogens (primary N) is 1. The average molecular weight is 257 g/mol. The van der Waals surface area contributed by atoms with Gasteiger partial charge in [-0.3, -0.25) is 4.79 Å². The average Bonchev–Trinajstić information content (AvgIpc) is 2.86. The molecule has 2 heterocycles. The van der Waals surface area contributed by atoms with Crippen molar-refractivity contribution in [1.82, 2.24) is 9.88 Å². The van der Waals surface area contributed by atoms with E-state index in [1.807, 2.05) is 35.4 Å². The minimum atomic E-state index is 0.115. The second kappa shape index (κ2) is 4.70. The maximum atomic E-state index is 12.7. The van der Waals surface area contributed by atoms with Gasteiger partial charge >= 0.3 is 0 Å². The van der Waals surface area contributed by atoms with Crippen LogP contribution in [0.15, 0.2) is 30.5 Å². The molecule has 1 fully saturated rings. The monoisotopic (exact) mass is 257 g/mol. The molecule has 2 unspecified atom stereocenters. The first-order valence-corrected chi connectivity index (χ1v) is 6.79. The van der Waals surface area contributed by atoms with Gasteiger partial charge in [0.05, 0.1) is 0 Å². The molecule has 0 radical (unpaired) electrons. The summed E-state index contributed by atoms with van der Waals surface area (Å²) >= 11 is 0. The lowest BCUT2D eigenvalue weighted by molar-refractivity contribution is 0.0621. The highest BCUT2D eigenvalue weighted by atomic mass is 16.2. The molecule has 0 saturated carbocycles. The zero-order chi connectivity index (χ0) is 13.4. The van der Waals surface area contributed by atoms with E-state index in [1.165, 1.54) is 0 Å². The molecule has 1 aliphatic rings. The normalized spacial score (nSPS) is 23.8. The van der Waals surface area contributed by atoms with Crippen LogP contribution in [-0.4, -0.2) is 34.4 Å². The summed E-state index contributed by atoms with van der Waals surface area (Å²) in [6.07, 6.45) is 3.64. The van der Waals surface area contributed by atoms with E-state index in [2.05, 4.69) is 11.9 Å². The second-order valence-electron chi connectivity index (χ2n) is 5.38. The summed E-state index contributed by atoms with van der Waals surface area (Å²) in [4.78, 5) is 17.8. The van der Waals surface area contributed by atoms with Crippen molar-refractivity contribution in [3.63, 3.8) is 0 Å². The largest absolute Gasteiger partial charge is 0.361 e. The first-order valence-electron chi connectivity index (χ1n) is 6.79. The number of benzene rings is 1. The highest BCUT2D eigenvalue weighted by Crippen LogP contribution is 2.23. The molecule has 2 aromatic rings. The van der Waals surface area contributed by atoms with Crippen LogP contribution in [0.25, 0.3) is 10.9 Å². The molecule has 0 bridgehead atoms. The molecular weight excluding hydrogens is 238 g/mol. The summed E-state index contributed by atoms with van der Waals surface area (Å²) in [5, 5.41) is 0.995. The van der Waals surface area contributed by atoms with E-state index >= 15 is 0 Å². The van der Waals surface area contributed by atoms with Crippen LogP contribution in [-0.2, 0) is 0 Å². The van der Waals surface area contributed by atoms with Crippen LogP contribution in [0, 0.1) is 0 Å². The van der Waals surface area contributed by atoms with Gasteiger partial charge in [-0.15, -0.1) is 0 Å². The van der Waals surface area contributed by atoms with Crippen molar-refractivity contribution in [2.75, 3.05) is 6.54 Å². The van der Waals surface area contributed by atoms with Crippen molar-refractivity contribution in [3.05, 3.63) is 36.0 Å². The lowest BCUT2D eigenvalue weighted by Crippen LogP contribution is -2.48. The molecule has 1 aromatic carbocycles. The van der Waals surface area contributed by atoms with E-state index in [1.54, 1.807) is 0 Å². The number of carbonyl (C=O) groups is 1. The van der Waals surface area contributed by atoms with E-state index in [9.17, 15) is 4.79 Å². The van der Waals surface area contributed by atoms with Crippen molar-refractivity contribution in [2.24, 2.45) is 5.73 Å². The van der Waals surface area contributed by atoms with Crippen LogP contribution >= 0.6 is 0 Å². The number of likely N-dealkylation sites (tertiary alicyclic amines) is 1. The van der Waals surface area contributed by atoms with Gasteiger partial charge in [0.2, 0.25) is 0 Å². The molecule has 0 spiro atoms. The summed E-state index contributed by atoms with van der Waals surface area (Å²) < 4.78 is 0. The highest BCUT2D eigenvalue weighted by molar-refractivity contribution is 6.06. The molecule has 2 atom stereocenters. The molecule has 4 nitrogen and oxygen atoms in total. The van der Waals surface area contributed by atoms with Gasteiger partial charge in [-0.05, 0) is 38.0 Å². The summed E-state index contributed by atoms with van der Waals surface area (Å²) in [7, 11) is 0. The number of hydrogen-bond donors (Lipinski definition) is 2. The van der Waals surface area contributed by atoms with Crippen molar-refractivity contribution < 1.29 is 4.79 Å². The van der Waals surface area contributed by atoms with E-state index in [4.69, 9.17) is 5.73 Å². The molecule has 19 heavy (non-hydrogen) atoms. The van der Waals surface area contributed by atoms with Gasteiger partial charge in [-0.2, -0.15) is 0 Å². The van der Waals surface area contributed by atoms with Gasteiger partial charge in [0, 0.05) is 41.3 Å². The maximum absolute atomic E-state index is 12.7. The van der Waals surface area contributed by atoms with Gasteiger partial charge in [-0.1, -0.05) is 6.07 Å². The Morgan fingerprint density at radius 1 is 1.42 bits per heavy atom.